The van der Waals surface area contributed by atoms with E-state index in [1.54, 1.807) is 6.92 Å². The molecule has 0 bridgehead atoms. The van der Waals surface area contributed by atoms with E-state index in [1.165, 1.54) is 9.58 Å². The minimum Gasteiger partial charge on any atom is -0.323 e. The minimum atomic E-state index is -0.790. The summed E-state index contributed by atoms with van der Waals surface area (Å²) in [7, 11) is 0. The van der Waals surface area contributed by atoms with E-state index in [2.05, 4.69) is 20.8 Å². The number of amides is 3. The first-order valence-electron chi connectivity index (χ1n) is 7.56. The highest BCUT2D eigenvalue weighted by Gasteiger charge is 2.56. The molecule has 4 rings (SSSR count). The van der Waals surface area contributed by atoms with Crippen LogP contribution in [-0.4, -0.2) is 42.6 Å². The predicted molar refractivity (Wildman–Crippen MR) is 79.4 cm³/mol. The molecule has 2 aliphatic rings. The maximum Gasteiger partial charge on any atom is 0.325 e. The van der Waals surface area contributed by atoms with Crippen LogP contribution in [0.25, 0.3) is 5.69 Å². The van der Waals surface area contributed by atoms with Crippen molar-refractivity contribution >= 4 is 11.9 Å². The maximum absolute atomic E-state index is 12.7. The van der Waals surface area contributed by atoms with Crippen LogP contribution in [0.1, 0.15) is 25.6 Å². The normalized spacial score (nSPS) is 24.1. The summed E-state index contributed by atoms with van der Waals surface area (Å²) in [6.45, 7) is 1.85. The summed E-state index contributed by atoms with van der Waals surface area (Å²) in [6.07, 6.45) is 1.94. The van der Waals surface area contributed by atoms with Crippen molar-refractivity contribution in [2.45, 2.75) is 31.8 Å². The molecule has 1 saturated carbocycles. The summed E-state index contributed by atoms with van der Waals surface area (Å²) >= 11 is 0. The van der Waals surface area contributed by atoms with Crippen molar-refractivity contribution in [3.05, 3.63) is 36.2 Å². The van der Waals surface area contributed by atoms with Crippen LogP contribution in [0.5, 0.6) is 0 Å². The second kappa shape index (κ2) is 4.87. The molecule has 1 aliphatic heterocycles. The largest absolute Gasteiger partial charge is 0.325 e. The third kappa shape index (κ3) is 2.18. The second-order valence-electron chi connectivity index (χ2n) is 6.14. The molecule has 1 aromatic carbocycles. The van der Waals surface area contributed by atoms with Crippen molar-refractivity contribution in [3.63, 3.8) is 0 Å². The predicted octanol–water partition coefficient (Wildman–Crippen LogP) is 0.883. The number of carbonyl (C=O) groups excluding carboxylic acids is 2. The monoisotopic (exact) mass is 312 g/mol. The van der Waals surface area contributed by atoms with E-state index in [0.717, 1.165) is 18.5 Å². The van der Waals surface area contributed by atoms with Crippen molar-refractivity contribution in [1.82, 2.24) is 30.4 Å². The van der Waals surface area contributed by atoms with Gasteiger partial charge in [0.1, 0.15) is 5.54 Å². The SMILES string of the molecule is C[C@@]1(C2CC2)NC(=O)N(Cc2nnnn2-c2ccccc2)C1=O. The Kier molecular flexibility index (Phi) is 2.93. The van der Waals surface area contributed by atoms with Crippen molar-refractivity contribution in [3.8, 4) is 5.69 Å². The van der Waals surface area contributed by atoms with Gasteiger partial charge < -0.3 is 5.32 Å². The summed E-state index contributed by atoms with van der Waals surface area (Å²) in [5.41, 5.74) is -0.00762. The number of para-hydroxylation sites is 1. The number of rotatable bonds is 4. The number of carbonyl (C=O) groups is 2. The minimum absolute atomic E-state index is 0.0505. The van der Waals surface area contributed by atoms with Crippen molar-refractivity contribution < 1.29 is 9.59 Å². The van der Waals surface area contributed by atoms with Gasteiger partial charge in [0.05, 0.1) is 12.2 Å². The molecule has 1 N–H and O–H groups in total. The van der Waals surface area contributed by atoms with E-state index in [4.69, 9.17) is 0 Å². The molecule has 23 heavy (non-hydrogen) atoms. The van der Waals surface area contributed by atoms with Crippen molar-refractivity contribution in [2.75, 3.05) is 0 Å². The third-order valence-electron chi connectivity index (χ3n) is 4.53. The molecular weight excluding hydrogens is 296 g/mol. The van der Waals surface area contributed by atoms with Crippen molar-refractivity contribution in [2.24, 2.45) is 5.92 Å². The molecule has 0 spiro atoms. The summed E-state index contributed by atoms with van der Waals surface area (Å²) in [6, 6.07) is 8.98. The standard InChI is InChI=1S/C15H16N6O2/c1-15(10-7-8-10)13(22)20(14(23)16-15)9-12-17-18-19-21(12)11-5-3-2-4-6-11/h2-6,10H,7-9H2,1H3,(H,16,23)/t15-/m0/s1. The van der Waals surface area contributed by atoms with Gasteiger partial charge in [-0.05, 0) is 48.2 Å². The molecule has 2 heterocycles. The molecule has 8 heteroatoms. The number of nitrogens with zero attached hydrogens (tertiary/aromatic N) is 5. The van der Waals surface area contributed by atoms with E-state index < -0.39 is 5.54 Å². The number of imide groups is 1. The Morgan fingerprint density at radius 3 is 2.70 bits per heavy atom. The lowest BCUT2D eigenvalue weighted by atomic mass is 9.96. The van der Waals surface area contributed by atoms with Gasteiger partial charge in [-0.2, -0.15) is 4.68 Å². The molecule has 2 aromatic rings. The van der Waals surface area contributed by atoms with Crippen LogP contribution in [0.15, 0.2) is 30.3 Å². The lowest BCUT2D eigenvalue weighted by Gasteiger charge is -2.20. The van der Waals surface area contributed by atoms with Gasteiger partial charge in [-0.25, -0.2) is 4.79 Å². The lowest BCUT2D eigenvalue weighted by Crippen LogP contribution is -2.46. The van der Waals surface area contributed by atoms with Gasteiger partial charge in [0.15, 0.2) is 5.82 Å². The van der Waals surface area contributed by atoms with Gasteiger partial charge in [0.25, 0.3) is 5.91 Å². The first-order chi connectivity index (χ1) is 11.1. The number of tetrazole rings is 1. The Hall–Kier alpha value is -2.77. The van der Waals surface area contributed by atoms with Crippen LogP contribution < -0.4 is 5.32 Å². The van der Waals surface area contributed by atoms with Crippen LogP contribution in [0.3, 0.4) is 0 Å². The van der Waals surface area contributed by atoms with Gasteiger partial charge >= 0.3 is 6.03 Å². The van der Waals surface area contributed by atoms with E-state index in [9.17, 15) is 9.59 Å². The number of benzene rings is 1. The average Bonchev–Trinajstić information content (AvgIpc) is 3.28. The Morgan fingerprint density at radius 2 is 2.00 bits per heavy atom. The van der Waals surface area contributed by atoms with Gasteiger partial charge in [-0.15, -0.1) is 5.10 Å². The number of hydrogen-bond acceptors (Lipinski definition) is 5. The summed E-state index contributed by atoms with van der Waals surface area (Å²) in [5.74, 6) is 0.474. The Morgan fingerprint density at radius 1 is 1.26 bits per heavy atom. The zero-order valence-corrected chi connectivity index (χ0v) is 12.6. The molecule has 1 atom stereocenters. The lowest BCUT2D eigenvalue weighted by molar-refractivity contribution is -0.131. The molecule has 0 radical (unpaired) electrons. The molecular formula is C15H16N6O2. The fourth-order valence-corrected chi connectivity index (χ4v) is 3.01. The number of urea groups is 1. The van der Waals surface area contributed by atoms with E-state index >= 15 is 0 Å². The van der Waals surface area contributed by atoms with E-state index in [-0.39, 0.29) is 24.4 Å². The first kappa shape index (κ1) is 13.9. The smallest absolute Gasteiger partial charge is 0.323 e. The van der Waals surface area contributed by atoms with Crippen LogP contribution >= 0.6 is 0 Å². The molecule has 0 unspecified atom stereocenters. The van der Waals surface area contributed by atoms with Crippen LogP contribution in [0.4, 0.5) is 4.79 Å². The zero-order valence-electron chi connectivity index (χ0n) is 12.6. The van der Waals surface area contributed by atoms with Gasteiger partial charge in [-0.1, -0.05) is 18.2 Å². The highest BCUT2D eigenvalue weighted by Crippen LogP contribution is 2.42. The Bertz CT molecular complexity index is 769. The fraction of sp³-hybridized carbons (Fsp3) is 0.400. The second-order valence-corrected chi connectivity index (χ2v) is 6.14. The van der Waals surface area contributed by atoms with Crippen LogP contribution in [0.2, 0.25) is 0 Å². The number of hydrogen-bond donors (Lipinski definition) is 1. The zero-order chi connectivity index (χ0) is 16.0. The number of aromatic nitrogens is 4. The molecule has 118 valence electrons. The third-order valence-corrected chi connectivity index (χ3v) is 4.53. The Labute approximate surface area is 132 Å². The molecule has 2 fully saturated rings. The van der Waals surface area contributed by atoms with Gasteiger partial charge in [0.2, 0.25) is 0 Å². The van der Waals surface area contributed by atoms with Gasteiger partial charge in [-0.3, -0.25) is 9.69 Å². The van der Waals surface area contributed by atoms with Gasteiger partial charge in [0, 0.05) is 0 Å². The molecule has 3 amide bonds. The van der Waals surface area contributed by atoms with Crippen molar-refractivity contribution in [1.29, 1.82) is 0 Å². The first-order valence-corrected chi connectivity index (χ1v) is 7.56. The number of nitrogens with one attached hydrogen (secondary N) is 1. The summed E-state index contributed by atoms with van der Waals surface area (Å²) in [4.78, 5) is 26.1. The van der Waals surface area contributed by atoms with E-state index in [0.29, 0.717) is 5.82 Å². The fourth-order valence-electron chi connectivity index (χ4n) is 3.01. The molecule has 8 nitrogen and oxygen atoms in total. The highest BCUT2D eigenvalue weighted by molar-refractivity contribution is 6.07. The van der Waals surface area contributed by atoms with Crippen LogP contribution in [-0.2, 0) is 11.3 Å². The highest BCUT2D eigenvalue weighted by atomic mass is 16.2. The topological polar surface area (TPSA) is 93.0 Å². The molecule has 1 saturated heterocycles. The Balaban J connectivity index is 1.61. The molecule has 1 aromatic heterocycles. The molecule has 1 aliphatic carbocycles. The maximum atomic E-state index is 12.7. The quantitative estimate of drug-likeness (QED) is 0.846. The van der Waals surface area contributed by atoms with E-state index in [1.807, 2.05) is 30.3 Å². The summed E-state index contributed by atoms with van der Waals surface area (Å²) < 4.78 is 1.54. The summed E-state index contributed by atoms with van der Waals surface area (Å²) in [5, 5.41) is 14.4. The van der Waals surface area contributed by atoms with Crippen LogP contribution in [0, 0.1) is 5.92 Å². The average molecular weight is 312 g/mol.